The van der Waals surface area contributed by atoms with Crippen molar-refractivity contribution in [3.8, 4) is 0 Å². The average molecular weight is 203 g/mol. The van der Waals surface area contributed by atoms with Crippen molar-refractivity contribution in [3.63, 3.8) is 0 Å². The highest BCUT2D eigenvalue weighted by Gasteiger charge is 2.14. The van der Waals surface area contributed by atoms with Gasteiger partial charge in [0.1, 0.15) is 0 Å². The van der Waals surface area contributed by atoms with Crippen molar-refractivity contribution >= 4 is 6.09 Å². The van der Waals surface area contributed by atoms with Gasteiger partial charge in [0.25, 0.3) is 0 Å². The summed E-state index contributed by atoms with van der Waals surface area (Å²) >= 11 is 0. The highest BCUT2D eigenvalue weighted by Crippen LogP contribution is 2.01. The van der Waals surface area contributed by atoms with Crippen LogP contribution in [0.2, 0.25) is 0 Å². The first-order valence-corrected chi connectivity index (χ1v) is 5.01. The van der Waals surface area contributed by atoms with Gasteiger partial charge in [-0.1, -0.05) is 20.8 Å². The molecule has 0 aliphatic heterocycles. The first-order valence-electron chi connectivity index (χ1n) is 5.01. The molecule has 0 aromatic rings. The molecule has 0 spiro atoms. The zero-order valence-electron chi connectivity index (χ0n) is 9.41. The van der Waals surface area contributed by atoms with Gasteiger partial charge in [-0.25, -0.2) is 4.79 Å². The Labute approximate surface area is 85.6 Å². The topological polar surface area (TPSA) is 58.6 Å². The monoisotopic (exact) mass is 203 g/mol. The number of amides is 1. The van der Waals surface area contributed by atoms with Crippen LogP contribution in [0, 0.1) is 11.8 Å². The van der Waals surface area contributed by atoms with Gasteiger partial charge in [0.2, 0.25) is 0 Å². The molecule has 0 aromatic heterocycles. The second-order valence-corrected chi connectivity index (χ2v) is 4.09. The van der Waals surface area contributed by atoms with Gasteiger partial charge in [-0.2, -0.15) is 0 Å². The van der Waals surface area contributed by atoms with Gasteiger partial charge in [0.05, 0.1) is 6.61 Å². The molecule has 4 nitrogen and oxygen atoms in total. The molecule has 4 heteroatoms. The minimum Gasteiger partial charge on any atom is -0.449 e. The summed E-state index contributed by atoms with van der Waals surface area (Å²) < 4.78 is 4.94. The molecule has 0 bridgehead atoms. The van der Waals surface area contributed by atoms with E-state index in [0.717, 1.165) is 0 Å². The zero-order valence-corrected chi connectivity index (χ0v) is 9.41. The molecule has 2 unspecified atom stereocenters. The van der Waals surface area contributed by atoms with Crippen molar-refractivity contribution in [1.82, 2.24) is 5.32 Å². The van der Waals surface area contributed by atoms with E-state index < -0.39 is 6.09 Å². The number of alkyl carbamates (subject to hydrolysis) is 1. The molecule has 0 heterocycles. The Morgan fingerprint density at radius 3 is 2.36 bits per heavy atom. The van der Waals surface area contributed by atoms with Crippen molar-refractivity contribution < 1.29 is 14.6 Å². The van der Waals surface area contributed by atoms with E-state index in [4.69, 9.17) is 9.84 Å². The number of aliphatic hydroxyl groups excluding tert-OH is 1. The van der Waals surface area contributed by atoms with Crippen LogP contribution in [0.25, 0.3) is 0 Å². The number of carbonyl (C=O) groups excluding carboxylic acids is 1. The lowest BCUT2D eigenvalue weighted by Crippen LogP contribution is -2.39. The molecule has 0 radical (unpaired) electrons. The fraction of sp³-hybridized carbons (Fsp3) is 0.900. The van der Waals surface area contributed by atoms with E-state index >= 15 is 0 Å². The molecule has 0 saturated carbocycles. The number of aliphatic hydroxyl groups is 1. The van der Waals surface area contributed by atoms with Crippen LogP contribution in [-0.2, 0) is 4.74 Å². The molecule has 1 amide bonds. The van der Waals surface area contributed by atoms with E-state index in [0.29, 0.717) is 12.5 Å². The molecule has 0 aliphatic rings. The number of ether oxygens (including phenoxy) is 1. The molecule has 84 valence electrons. The molecule has 2 N–H and O–H groups in total. The second-order valence-electron chi connectivity index (χ2n) is 4.09. The highest BCUT2D eigenvalue weighted by atomic mass is 16.5. The summed E-state index contributed by atoms with van der Waals surface area (Å²) in [6.45, 7) is 8.16. The Bertz CT molecular complexity index is 171. The van der Waals surface area contributed by atoms with E-state index in [9.17, 15) is 4.79 Å². The Balaban J connectivity index is 3.71. The quantitative estimate of drug-likeness (QED) is 0.709. The SMILES string of the molecule is CC(C)COC(=O)NC(C)C(C)CO. The van der Waals surface area contributed by atoms with E-state index in [-0.39, 0.29) is 18.6 Å². The zero-order chi connectivity index (χ0) is 11.1. The lowest BCUT2D eigenvalue weighted by Gasteiger charge is -2.19. The molecular formula is C10H21NO3. The minimum atomic E-state index is -0.411. The number of rotatable bonds is 5. The van der Waals surface area contributed by atoms with Gasteiger partial charge in [-0.15, -0.1) is 0 Å². The van der Waals surface area contributed by atoms with Gasteiger partial charge in [-0.3, -0.25) is 0 Å². The predicted molar refractivity (Wildman–Crippen MR) is 55.0 cm³/mol. The summed E-state index contributed by atoms with van der Waals surface area (Å²) in [5.41, 5.74) is 0. The molecule has 2 atom stereocenters. The van der Waals surface area contributed by atoms with Crippen LogP contribution in [0.5, 0.6) is 0 Å². The van der Waals surface area contributed by atoms with Crippen LogP contribution in [0.4, 0.5) is 4.79 Å². The molecule has 0 fully saturated rings. The lowest BCUT2D eigenvalue weighted by atomic mass is 10.1. The van der Waals surface area contributed by atoms with Crippen molar-refractivity contribution in [2.75, 3.05) is 13.2 Å². The number of hydrogen-bond donors (Lipinski definition) is 2. The molecule has 14 heavy (non-hydrogen) atoms. The molecule has 0 aromatic carbocycles. The third kappa shape index (κ3) is 5.80. The first kappa shape index (κ1) is 13.2. The van der Waals surface area contributed by atoms with E-state index in [1.54, 1.807) is 0 Å². The van der Waals surface area contributed by atoms with Crippen LogP contribution in [-0.4, -0.2) is 30.5 Å². The standard InChI is InChI=1S/C10H21NO3/c1-7(2)6-14-10(13)11-9(4)8(3)5-12/h7-9,12H,5-6H2,1-4H3,(H,11,13). The van der Waals surface area contributed by atoms with Crippen LogP contribution in [0.15, 0.2) is 0 Å². The third-order valence-electron chi connectivity index (χ3n) is 2.03. The Hall–Kier alpha value is -0.770. The Morgan fingerprint density at radius 2 is 1.93 bits per heavy atom. The summed E-state index contributed by atoms with van der Waals surface area (Å²) in [6.07, 6.45) is -0.411. The molecular weight excluding hydrogens is 182 g/mol. The van der Waals surface area contributed by atoms with Crippen molar-refractivity contribution in [1.29, 1.82) is 0 Å². The Kier molecular flexibility index (Phi) is 6.28. The van der Waals surface area contributed by atoms with Gasteiger partial charge in [0.15, 0.2) is 0 Å². The molecule has 0 rings (SSSR count). The number of nitrogens with one attached hydrogen (secondary N) is 1. The summed E-state index contributed by atoms with van der Waals surface area (Å²) in [5.74, 6) is 0.382. The average Bonchev–Trinajstić information content (AvgIpc) is 2.13. The van der Waals surface area contributed by atoms with Crippen molar-refractivity contribution in [3.05, 3.63) is 0 Å². The fourth-order valence-corrected chi connectivity index (χ4v) is 0.770. The second kappa shape index (κ2) is 6.65. The van der Waals surface area contributed by atoms with Crippen LogP contribution in [0.1, 0.15) is 27.7 Å². The summed E-state index contributed by atoms with van der Waals surface area (Å²) in [5, 5.41) is 11.5. The largest absolute Gasteiger partial charge is 0.449 e. The summed E-state index contributed by atoms with van der Waals surface area (Å²) in [4.78, 5) is 11.2. The van der Waals surface area contributed by atoms with Crippen LogP contribution < -0.4 is 5.32 Å². The van der Waals surface area contributed by atoms with Gasteiger partial charge in [-0.05, 0) is 18.8 Å². The van der Waals surface area contributed by atoms with Crippen LogP contribution in [0.3, 0.4) is 0 Å². The highest BCUT2D eigenvalue weighted by molar-refractivity contribution is 5.67. The minimum absolute atomic E-state index is 0.0431. The normalized spacial score (nSPS) is 15.0. The summed E-state index contributed by atoms with van der Waals surface area (Å²) in [6, 6.07) is -0.0698. The van der Waals surface area contributed by atoms with Gasteiger partial charge >= 0.3 is 6.09 Å². The van der Waals surface area contributed by atoms with Crippen LogP contribution >= 0.6 is 0 Å². The smallest absolute Gasteiger partial charge is 0.407 e. The third-order valence-corrected chi connectivity index (χ3v) is 2.03. The lowest BCUT2D eigenvalue weighted by molar-refractivity contribution is 0.123. The van der Waals surface area contributed by atoms with E-state index in [1.807, 2.05) is 27.7 Å². The number of hydrogen-bond acceptors (Lipinski definition) is 3. The number of carbonyl (C=O) groups is 1. The fourth-order valence-electron chi connectivity index (χ4n) is 0.770. The Morgan fingerprint density at radius 1 is 1.36 bits per heavy atom. The van der Waals surface area contributed by atoms with Crippen molar-refractivity contribution in [2.45, 2.75) is 33.7 Å². The molecule has 0 aliphatic carbocycles. The van der Waals surface area contributed by atoms with Crippen molar-refractivity contribution in [2.24, 2.45) is 11.8 Å². The van der Waals surface area contributed by atoms with Gasteiger partial charge in [0, 0.05) is 12.6 Å². The predicted octanol–water partition coefficient (Wildman–Crippen LogP) is 1.39. The van der Waals surface area contributed by atoms with E-state index in [2.05, 4.69) is 5.32 Å². The van der Waals surface area contributed by atoms with E-state index in [1.165, 1.54) is 0 Å². The first-order chi connectivity index (χ1) is 6.47. The maximum Gasteiger partial charge on any atom is 0.407 e. The van der Waals surface area contributed by atoms with Gasteiger partial charge < -0.3 is 15.2 Å². The molecule has 0 saturated heterocycles. The summed E-state index contributed by atoms with van der Waals surface area (Å²) in [7, 11) is 0. The maximum absolute atomic E-state index is 11.2. The maximum atomic E-state index is 11.2.